The van der Waals surface area contributed by atoms with Gasteiger partial charge < -0.3 is 0 Å². The Morgan fingerprint density at radius 2 is 1.58 bits per heavy atom. The molecule has 3 aromatic rings. The van der Waals surface area contributed by atoms with Crippen LogP contribution in [0.4, 0.5) is 10.1 Å². The van der Waals surface area contributed by atoms with Gasteiger partial charge in [0, 0.05) is 32.3 Å². The first kappa shape index (κ1) is 16.2. The van der Waals surface area contributed by atoms with Crippen LogP contribution in [-0.2, 0) is 0 Å². The predicted octanol–water partition coefficient (Wildman–Crippen LogP) is 6.52. The molecule has 0 saturated carbocycles. The first-order valence-electron chi connectivity index (χ1n) is 8.61. The van der Waals surface area contributed by atoms with Gasteiger partial charge in [0.2, 0.25) is 0 Å². The van der Waals surface area contributed by atoms with Gasteiger partial charge in [-0.25, -0.2) is 4.39 Å². The monoisotopic (exact) mass is 377 g/mol. The molecule has 0 N–H and O–H groups in total. The zero-order valence-electron chi connectivity index (χ0n) is 13.9. The van der Waals surface area contributed by atoms with Crippen LogP contribution in [0.25, 0.3) is 0 Å². The lowest BCUT2D eigenvalue weighted by Gasteiger charge is -2.31. The molecule has 0 unspecified atom stereocenters. The minimum atomic E-state index is -0.190. The van der Waals surface area contributed by atoms with Gasteiger partial charge in [0.1, 0.15) is 5.82 Å². The fraction of sp³-hybridized carbons (Fsp3) is 0.136. The van der Waals surface area contributed by atoms with Crippen molar-refractivity contribution in [2.24, 2.45) is 10.9 Å². The molecule has 0 aromatic heterocycles. The molecule has 128 valence electrons. The maximum absolute atomic E-state index is 13.5. The summed E-state index contributed by atoms with van der Waals surface area (Å²) < 4.78 is 13.5. The Bertz CT molecular complexity index is 997. The number of benzene rings is 3. The van der Waals surface area contributed by atoms with Crippen molar-refractivity contribution >= 4 is 34.9 Å². The van der Waals surface area contributed by atoms with Crippen LogP contribution in [-0.4, -0.2) is 11.5 Å². The quantitative estimate of drug-likeness (QED) is 0.479. The minimum Gasteiger partial charge on any atom is -0.251 e. The van der Waals surface area contributed by atoms with Crippen molar-refractivity contribution in [3.63, 3.8) is 0 Å². The van der Waals surface area contributed by atoms with E-state index in [0.29, 0.717) is 0 Å². The minimum absolute atomic E-state index is 0.190. The Balaban J connectivity index is 1.70. The van der Waals surface area contributed by atoms with Gasteiger partial charge >= 0.3 is 0 Å². The molecule has 0 fully saturated rings. The van der Waals surface area contributed by atoms with Crippen molar-refractivity contribution in [3.8, 4) is 0 Å². The van der Waals surface area contributed by atoms with E-state index in [1.54, 1.807) is 12.1 Å². The van der Waals surface area contributed by atoms with Crippen molar-refractivity contribution in [3.05, 3.63) is 89.7 Å². The summed E-state index contributed by atoms with van der Waals surface area (Å²) >= 11 is 3.74. The van der Waals surface area contributed by atoms with Crippen LogP contribution in [0.5, 0.6) is 0 Å². The normalized spacial score (nSPS) is 21.0. The van der Waals surface area contributed by atoms with E-state index in [4.69, 9.17) is 4.99 Å². The molecule has 2 heterocycles. The van der Waals surface area contributed by atoms with Crippen LogP contribution in [0, 0.1) is 11.7 Å². The number of rotatable bonds is 1. The summed E-state index contributed by atoms with van der Waals surface area (Å²) in [7, 11) is 0. The van der Waals surface area contributed by atoms with Crippen molar-refractivity contribution < 1.29 is 4.39 Å². The molecule has 0 spiro atoms. The Morgan fingerprint density at radius 1 is 0.846 bits per heavy atom. The van der Waals surface area contributed by atoms with Gasteiger partial charge in [-0.3, -0.25) is 4.99 Å². The molecule has 0 saturated heterocycles. The number of hydrogen-bond acceptors (Lipinski definition) is 3. The number of nitrogens with zero attached hydrogens (tertiary/aromatic N) is 1. The molecule has 2 aliphatic rings. The van der Waals surface area contributed by atoms with Gasteiger partial charge in [0.15, 0.2) is 0 Å². The molecule has 4 heteroatoms. The molecule has 0 radical (unpaired) electrons. The molecule has 3 aromatic carbocycles. The SMILES string of the molecule is Fc1ccc([C@H]2Sc3ccccc3N=C3c4ccccc4SC[C@@H]32)cc1. The second kappa shape index (κ2) is 6.60. The highest BCUT2D eigenvalue weighted by Crippen LogP contribution is 2.51. The first-order valence-corrected chi connectivity index (χ1v) is 10.5. The third-order valence-corrected chi connectivity index (χ3v) is 7.50. The molecule has 1 nitrogen and oxygen atoms in total. The standard InChI is InChI=1S/C22H16FNS2/c23-15-11-9-14(10-12-15)22-17-13-25-19-7-3-1-5-16(19)21(17)24-18-6-2-4-8-20(18)26-22/h1-12,17,22H,13H2/t17-,22+/m0/s1. The van der Waals surface area contributed by atoms with Gasteiger partial charge in [-0.1, -0.05) is 42.5 Å². The van der Waals surface area contributed by atoms with E-state index in [1.165, 1.54) is 15.4 Å². The van der Waals surface area contributed by atoms with Gasteiger partial charge in [-0.15, -0.1) is 23.5 Å². The summed E-state index contributed by atoms with van der Waals surface area (Å²) in [5, 5.41) is 0.221. The number of para-hydroxylation sites is 1. The van der Waals surface area contributed by atoms with Crippen molar-refractivity contribution in [1.82, 2.24) is 0 Å². The Labute approximate surface area is 160 Å². The number of fused-ring (bicyclic) bond motifs is 4. The number of aliphatic imine (C=N–C) groups is 1. The molecule has 0 bridgehead atoms. The van der Waals surface area contributed by atoms with Crippen LogP contribution in [0.15, 0.2) is 87.6 Å². The maximum atomic E-state index is 13.5. The second-order valence-electron chi connectivity index (χ2n) is 6.47. The van der Waals surface area contributed by atoms with Gasteiger partial charge in [-0.05, 0) is 35.9 Å². The molecule has 5 rings (SSSR count). The molecule has 26 heavy (non-hydrogen) atoms. The molecular weight excluding hydrogens is 361 g/mol. The predicted molar refractivity (Wildman–Crippen MR) is 108 cm³/mol. The average Bonchev–Trinajstić information content (AvgIpc) is 2.85. The fourth-order valence-corrected chi connectivity index (χ4v) is 6.27. The smallest absolute Gasteiger partial charge is 0.123 e. The Kier molecular flexibility index (Phi) is 4.10. The summed E-state index contributed by atoms with van der Waals surface area (Å²) in [6.07, 6.45) is 0. The number of halogens is 1. The maximum Gasteiger partial charge on any atom is 0.123 e. The van der Waals surface area contributed by atoms with Crippen molar-refractivity contribution in [1.29, 1.82) is 0 Å². The van der Waals surface area contributed by atoms with Gasteiger partial charge in [-0.2, -0.15) is 0 Å². The van der Waals surface area contributed by atoms with Crippen molar-refractivity contribution in [2.75, 3.05) is 5.75 Å². The Morgan fingerprint density at radius 3 is 2.42 bits per heavy atom. The zero-order chi connectivity index (χ0) is 17.5. The van der Waals surface area contributed by atoms with Crippen LogP contribution in [0.2, 0.25) is 0 Å². The molecule has 0 amide bonds. The highest BCUT2D eigenvalue weighted by Gasteiger charge is 2.36. The van der Waals surface area contributed by atoms with E-state index in [9.17, 15) is 4.39 Å². The third kappa shape index (κ3) is 2.78. The molecular formula is C22H16FNS2. The fourth-order valence-electron chi connectivity index (χ4n) is 3.59. The van der Waals surface area contributed by atoms with Crippen molar-refractivity contribution in [2.45, 2.75) is 15.0 Å². The van der Waals surface area contributed by atoms with E-state index in [0.717, 1.165) is 22.7 Å². The lowest BCUT2D eigenvalue weighted by molar-refractivity contribution is 0.626. The lowest BCUT2D eigenvalue weighted by atomic mass is 9.90. The number of thioether (sulfide) groups is 2. The Hall–Kier alpha value is -2.04. The van der Waals surface area contributed by atoms with E-state index < -0.39 is 0 Å². The van der Waals surface area contributed by atoms with E-state index in [1.807, 2.05) is 41.7 Å². The summed E-state index contributed by atoms with van der Waals surface area (Å²) in [6, 6.07) is 23.8. The van der Waals surface area contributed by atoms with Crippen LogP contribution >= 0.6 is 23.5 Å². The van der Waals surface area contributed by atoms with Crippen LogP contribution in [0.3, 0.4) is 0 Å². The molecule has 0 aliphatic carbocycles. The summed E-state index contributed by atoms with van der Waals surface area (Å²) in [5.41, 5.74) is 4.58. The van der Waals surface area contributed by atoms with E-state index in [2.05, 4.69) is 42.5 Å². The summed E-state index contributed by atoms with van der Waals surface area (Å²) in [5.74, 6) is 1.08. The summed E-state index contributed by atoms with van der Waals surface area (Å²) in [4.78, 5) is 7.59. The van der Waals surface area contributed by atoms with Gasteiger partial charge in [0.25, 0.3) is 0 Å². The lowest BCUT2D eigenvalue weighted by Crippen LogP contribution is -2.27. The number of hydrogen-bond donors (Lipinski definition) is 0. The summed E-state index contributed by atoms with van der Waals surface area (Å²) in [6.45, 7) is 0. The largest absolute Gasteiger partial charge is 0.251 e. The highest BCUT2D eigenvalue weighted by atomic mass is 32.2. The molecule has 2 atom stereocenters. The highest BCUT2D eigenvalue weighted by molar-refractivity contribution is 8.00. The van der Waals surface area contributed by atoms with E-state index in [-0.39, 0.29) is 17.0 Å². The molecule has 2 aliphatic heterocycles. The van der Waals surface area contributed by atoms with Crippen LogP contribution < -0.4 is 0 Å². The third-order valence-electron chi connectivity index (χ3n) is 4.86. The topological polar surface area (TPSA) is 12.4 Å². The van der Waals surface area contributed by atoms with E-state index >= 15 is 0 Å². The van der Waals surface area contributed by atoms with Gasteiger partial charge in [0.05, 0.1) is 11.4 Å². The first-order chi connectivity index (χ1) is 12.8. The van der Waals surface area contributed by atoms with Crippen LogP contribution in [0.1, 0.15) is 16.4 Å². The zero-order valence-corrected chi connectivity index (χ0v) is 15.6. The average molecular weight is 378 g/mol. The second-order valence-corrected chi connectivity index (χ2v) is 8.71.